The van der Waals surface area contributed by atoms with E-state index >= 15 is 0 Å². The molecule has 5 rings (SSSR count). The molecule has 3 aromatic rings. The first-order valence-electron chi connectivity index (χ1n) is 12.1. The number of aryl methyl sites for hydroxylation is 2. The van der Waals surface area contributed by atoms with Gasteiger partial charge in [0.25, 0.3) is 6.02 Å². The van der Waals surface area contributed by atoms with Crippen molar-refractivity contribution in [1.29, 1.82) is 5.26 Å². The van der Waals surface area contributed by atoms with Crippen molar-refractivity contribution < 1.29 is 9.57 Å². The normalized spacial score (nSPS) is 18.5. The number of benzene rings is 2. The van der Waals surface area contributed by atoms with Gasteiger partial charge in [-0.25, -0.2) is 4.98 Å². The van der Waals surface area contributed by atoms with Crippen LogP contribution in [0.1, 0.15) is 57.8 Å². The summed E-state index contributed by atoms with van der Waals surface area (Å²) in [4.78, 5) is 17.7. The van der Waals surface area contributed by atoms with Crippen molar-refractivity contribution in [1.82, 2.24) is 15.4 Å². The molecule has 2 aliphatic heterocycles. The lowest BCUT2D eigenvalue weighted by molar-refractivity contribution is 0.0508. The van der Waals surface area contributed by atoms with E-state index in [-0.39, 0.29) is 6.10 Å². The first-order valence-corrected chi connectivity index (χ1v) is 13.0. The fourth-order valence-electron chi connectivity index (χ4n) is 4.59. The Balaban J connectivity index is 1.25. The van der Waals surface area contributed by atoms with E-state index in [9.17, 15) is 5.26 Å². The summed E-state index contributed by atoms with van der Waals surface area (Å²) in [5.74, 6) is 0.400. The minimum Gasteiger partial charge on any atom is -0.468 e. The lowest BCUT2D eigenvalue weighted by atomic mass is 9.98. The Labute approximate surface area is 215 Å². The van der Waals surface area contributed by atoms with Crippen LogP contribution in [-0.2, 0) is 9.57 Å². The Morgan fingerprint density at radius 2 is 2.03 bits per heavy atom. The molecule has 1 aromatic heterocycles. The second kappa shape index (κ2) is 10.5. The highest BCUT2D eigenvalue weighted by atomic mass is 32.1. The highest BCUT2D eigenvalue weighted by molar-refractivity contribution is 7.09. The van der Waals surface area contributed by atoms with Crippen LogP contribution < -0.4 is 5.48 Å². The van der Waals surface area contributed by atoms with Gasteiger partial charge < -0.3 is 9.64 Å². The van der Waals surface area contributed by atoms with Crippen molar-refractivity contribution in [2.75, 3.05) is 20.2 Å². The predicted molar refractivity (Wildman–Crippen MR) is 142 cm³/mol. The molecular weight excluding hydrogens is 470 g/mol. The number of nitrogens with one attached hydrogen (secondary N) is 1. The number of thiazole rings is 1. The number of aliphatic imine (C=N–C) groups is 1. The molecule has 8 heteroatoms. The Kier molecular flexibility index (Phi) is 7.03. The number of hydrogen-bond acceptors (Lipinski definition) is 7. The number of amidine groups is 1. The van der Waals surface area contributed by atoms with E-state index in [2.05, 4.69) is 53.9 Å². The van der Waals surface area contributed by atoms with Gasteiger partial charge in [-0.3, -0.25) is 10.3 Å². The van der Waals surface area contributed by atoms with Crippen LogP contribution in [0.15, 0.2) is 58.9 Å². The lowest BCUT2D eigenvalue weighted by Gasteiger charge is -2.32. The van der Waals surface area contributed by atoms with E-state index < -0.39 is 0 Å². The topological polar surface area (TPSA) is 82.8 Å². The van der Waals surface area contributed by atoms with Crippen LogP contribution in [-0.4, -0.2) is 36.1 Å². The maximum atomic E-state index is 9.40. The van der Waals surface area contributed by atoms with E-state index in [0.29, 0.717) is 17.5 Å². The van der Waals surface area contributed by atoms with Crippen LogP contribution in [0.2, 0.25) is 0 Å². The van der Waals surface area contributed by atoms with Crippen molar-refractivity contribution in [2.24, 2.45) is 4.99 Å². The molecule has 1 N–H and O–H groups in total. The fourth-order valence-corrected chi connectivity index (χ4v) is 5.58. The quantitative estimate of drug-likeness (QED) is 0.363. The number of hydrogen-bond donors (Lipinski definition) is 1. The van der Waals surface area contributed by atoms with E-state index in [0.717, 1.165) is 59.1 Å². The first kappa shape index (κ1) is 24.0. The minimum atomic E-state index is -0.312. The number of piperidine rings is 1. The molecule has 1 fully saturated rings. The van der Waals surface area contributed by atoms with Crippen LogP contribution in [0.25, 0.3) is 5.70 Å². The van der Waals surface area contributed by atoms with Crippen molar-refractivity contribution in [2.45, 2.75) is 38.7 Å². The van der Waals surface area contributed by atoms with Gasteiger partial charge in [0.05, 0.1) is 40.8 Å². The molecule has 0 amide bonds. The molecule has 1 saturated heterocycles. The maximum Gasteiger partial charge on any atom is 0.292 e. The van der Waals surface area contributed by atoms with Crippen LogP contribution in [0.4, 0.5) is 5.69 Å². The van der Waals surface area contributed by atoms with Gasteiger partial charge in [-0.1, -0.05) is 30.3 Å². The highest BCUT2D eigenvalue weighted by Gasteiger charge is 2.27. The molecule has 1 unspecified atom stereocenters. The van der Waals surface area contributed by atoms with Crippen molar-refractivity contribution in [3.63, 3.8) is 0 Å². The highest BCUT2D eigenvalue weighted by Crippen LogP contribution is 2.35. The molecule has 7 nitrogen and oxygen atoms in total. The maximum absolute atomic E-state index is 9.40. The van der Waals surface area contributed by atoms with Gasteiger partial charge in [-0.2, -0.15) is 10.3 Å². The summed E-state index contributed by atoms with van der Waals surface area (Å²) in [6.07, 6.45) is 3.66. The second-order valence-electron chi connectivity index (χ2n) is 9.14. The van der Waals surface area contributed by atoms with E-state index in [1.54, 1.807) is 24.5 Å². The molecule has 184 valence electrons. The summed E-state index contributed by atoms with van der Waals surface area (Å²) in [7, 11) is 1.69. The first-order chi connectivity index (χ1) is 17.6. The third kappa shape index (κ3) is 4.99. The third-order valence-corrected chi connectivity index (χ3v) is 7.68. The summed E-state index contributed by atoms with van der Waals surface area (Å²) in [5, 5.41) is 12.6. The second-order valence-corrected chi connectivity index (χ2v) is 10.0. The molecule has 3 heterocycles. The number of aromatic nitrogens is 1. The monoisotopic (exact) mass is 499 g/mol. The summed E-state index contributed by atoms with van der Waals surface area (Å²) in [5.41, 5.74) is 9.47. The number of nitriles is 1. The van der Waals surface area contributed by atoms with Gasteiger partial charge >= 0.3 is 0 Å². The smallest absolute Gasteiger partial charge is 0.292 e. The SMILES string of the molecule is COC(=Nc1cc(C)ccc1C)N1CCC(c2nc(C3=CC(c4ccccc4C#N)ON3)cs2)CC1. The number of nitrogens with zero attached hydrogens (tertiary/aromatic N) is 4. The van der Waals surface area contributed by atoms with Gasteiger partial charge in [0.15, 0.2) is 0 Å². The van der Waals surface area contributed by atoms with Gasteiger partial charge in [-0.15, -0.1) is 11.3 Å². The number of likely N-dealkylation sites (tertiary alicyclic amines) is 1. The van der Waals surface area contributed by atoms with Crippen molar-refractivity contribution in [3.05, 3.63) is 86.9 Å². The Hall–Kier alpha value is -3.67. The van der Waals surface area contributed by atoms with Gasteiger partial charge in [-0.05, 0) is 56.0 Å². The third-order valence-electron chi connectivity index (χ3n) is 6.68. The zero-order valence-electron chi connectivity index (χ0n) is 20.7. The molecule has 36 heavy (non-hydrogen) atoms. The zero-order valence-corrected chi connectivity index (χ0v) is 21.5. The Bertz CT molecular complexity index is 1350. The van der Waals surface area contributed by atoms with Crippen LogP contribution >= 0.6 is 11.3 Å². The number of ether oxygens (including phenoxy) is 1. The summed E-state index contributed by atoms with van der Waals surface area (Å²) >= 11 is 1.69. The van der Waals surface area contributed by atoms with Crippen LogP contribution in [0, 0.1) is 25.2 Å². The Morgan fingerprint density at radius 1 is 1.22 bits per heavy atom. The molecule has 0 bridgehead atoms. The standard InChI is InChI=1S/C28H29N5O2S/c1-18-8-9-19(2)23(14-18)31-28(34-3)33-12-10-20(11-13-33)27-30-25(17-36-27)24-15-26(35-32-24)22-7-5-4-6-21(22)16-29/h4-9,14-15,17,20,26,32H,10-13H2,1-3H3. The fraction of sp³-hybridized carbons (Fsp3) is 0.321. The van der Waals surface area contributed by atoms with Crippen molar-refractivity contribution >= 4 is 28.7 Å². The van der Waals surface area contributed by atoms with Gasteiger partial charge in [0.1, 0.15) is 6.10 Å². The molecule has 0 saturated carbocycles. The summed E-state index contributed by atoms with van der Waals surface area (Å²) in [6, 6.07) is 16.7. The average molecular weight is 500 g/mol. The predicted octanol–water partition coefficient (Wildman–Crippen LogP) is 5.76. The Morgan fingerprint density at radius 3 is 2.81 bits per heavy atom. The van der Waals surface area contributed by atoms with Crippen molar-refractivity contribution in [3.8, 4) is 6.07 Å². The molecular formula is C28H29N5O2S. The van der Waals surface area contributed by atoms with Crippen LogP contribution in [0.5, 0.6) is 0 Å². The van der Waals surface area contributed by atoms with Gasteiger partial charge in [0, 0.05) is 30.0 Å². The lowest BCUT2D eigenvalue weighted by Crippen LogP contribution is -2.38. The largest absolute Gasteiger partial charge is 0.468 e. The van der Waals surface area contributed by atoms with Crippen LogP contribution in [0.3, 0.4) is 0 Å². The zero-order chi connectivity index (χ0) is 25.1. The van der Waals surface area contributed by atoms with Gasteiger partial charge in [0.2, 0.25) is 0 Å². The summed E-state index contributed by atoms with van der Waals surface area (Å²) in [6.45, 7) is 5.89. The van der Waals surface area contributed by atoms with E-state index in [1.165, 1.54) is 5.56 Å². The molecule has 0 aliphatic carbocycles. The molecule has 1 atom stereocenters. The molecule has 2 aliphatic rings. The number of hydroxylamine groups is 1. The summed E-state index contributed by atoms with van der Waals surface area (Å²) < 4.78 is 5.68. The average Bonchev–Trinajstić information content (AvgIpc) is 3.60. The van der Waals surface area contributed by atoms with E-state index in [1.807, 2.05) is 24.3 Å². The molecule has 2 aromatic carbocycles. The number of methoxy groups -OCH3 is 1. The number of rotatable bonds is 4. The van der Waals surface area contributed by atoms with E-state index in [4.69, 9.17) is 19.6 Å². The molecule has 0 radical (unpaired) electrons. The minimum absolute atomic E-state index is 0.312. The molecule has 0 spiro atoms.